The lowest BCUT2D eigenvalue weighted by atomic mass is 10.1. The molecule has 0 saturated carbocycles. The minimum absolute atomic E-state index is 0.0834. The lowest BCUT2D eigenvalue weighted by Gasteiger charge is -2.36. The largest absolute Gasteiger partial charge is 0.444 e. The van der Waals surface area contributed by atoms with Gasteiger partial charge in [0.15, 0.2) is 0 Å². The summed E-state index contributed by atoms with van der Waals surface area (Å²) in [5, 5.41) is 3.39. The van der Waals surface area contributed by atoms with Crippen molar-refractivity contribution in [2.75, 3.05) is 23.3 Å². The Labute approximate surface area is 192 Å². The second kappa shape index (κ2) is 10.2. The number of carbonyl (C=O) groups excluding carboxylic acids is 2. The van der Waals surface area contributed by atoms with Crippen molar-refractivity contribution < 1.29 is 14.3 Å². The fraction of sp³-hybridized carbons (Fsp3) is 0.200. The molecule has 1 fully saturated rings. The first-order chi connectivity index (χ1) is 15.6. The van der Waals surface area contributed by atoms with Gasteiger partial charge in [0.25, 0.3) is 0 Å². The van der Waals surface area contributed by atoms with Gasteiger partial charge in [0.2, 0.25) is 0 Å². The number of urea groups is 1. The summed E-state index contributed by atoms with van der Waals surface area (Å²) in [7, 11) is 0. The van der Waals surface area contributed by atoms with Crippen molar-refractivity contribution in [2.45, 2.75) is 19.6 Å². The predicted octanol–water partition coefficient (Wildman–Crippen LogP) is 5.92. The van der Waals surface area contributed by atoms with Gasteiger partial charge in [-0.15, -0.1) is 0 Å². The fourth-order valence-electron chi connectivity index (χ4n) is 3.63. The summed E-state index contributed by atoms with van der Waals surface area (Å²) in [4.78, 5) is 28.8. The van der Waals surface area contributed by atoms with E-state index >= 15 is 0 Å². The number of hydrogen-bond donors (Lipinski definition) is 1. The third-order valence-electron chi connectivity index (χ3n) is 5.25. The molecule has 3 aromatic carbocycles. The zero-order valence-corrected chi connectivity index (χ0v) is 18.3. The van der Waals surface area contributed by atoms with Gasteiger partial charge >= 0.3 is 12.1 Å². The van der Waals surface area contributed by atoms with E-state index in [9.17, 15) is 9.59 Å². The van der Waals surface area contributed by atoms with E-state index in [1.807, 2.05) is 66.7 Å². The van der Waals surface area contributed by atoms with Crippen LogP contribution < -0.4 is 10.2 Å². The lowest BCUT2D eigenvalue weighted by molar-refractivity contribution is 0.155. The van der Waals surface area contributed by atoms with Crippen LogP contribution in [0, 0.1) is 0 Å². The summed E-state index contributed by atoms with van der Waals surface area (Å²) in [6, 6.07) is 24.2. The highest BCUT2D eigenvalue weighted by atomic mass is 35.5. The second-order valence-corrected chi connectivity index (χ2v) is 7.94. The highest BCUT2D eigenvalue weighted by molar-refractivity contribution is 6.31. The molecule has 3 aromatic rings. The number of carbonyl (C=O) groups is 2. The lowest BCUT2D eigenvalue weighted by Crippen LogP contribution is -2.49. The van der Waals surface area contributed by atoms with E-state index in [2.05, 4.69) is 5.32 Å². The highest BCUT2D eigenvalue weighted by Crippen LogP contribution is 2.26. The molecule has 0 spiro atoms. The topological polar surface area (TPSA) is 61.9 Å². The molecule has 0 atom stereocenters. The SMILES string of the molecule is O=C(Nc1cccc(N2CCCN(Cc3ccccc3Cl)C2=O)c1)OCc1ccccc1. The van der Waals surface area contributed by atoms with Crippen molar-refractivity contribution in [3.8, 4) is 0 Å². The Morgan fingerprint density at radius 1 is 0.969 bits per heavy atom. The number of ether oxygens (including phenoxy) is 1. The van der Waals surface area contributed by atoms with Gasteiger partial charge < -0.3 is 9.64 Å². The van der Waals surface area contributed by atoms with E-state index in [1.165, 1.54) is 0 Å². The first kappa shape index (κ1) is 21.7. The second-order valence-electron chi connectivity index (χ2n) is 7.54. The summed E-state index contributed by atoms with van der Waals surface area (Å²) in [5.41, 5.74) is 3.12. The molecular weight excluding hydrogens is 426 g/mol. The van der Waals surface area contributed by atoms with E-state index in [4.69, 9.17) is 16.3 Å². The predicted molar refractivity (Wildman–Crippen MR) is 126 cm³/mol. The molecule has 6 nitrogen and oxygen atoms in total. The van der Waals surface area contributed by atoms with Gasteiger partial charge in [0.05, 0.1) is 0 Å². The summed E-state index contributed by atoms with van der Waals surface area (Å²) >= 11 is 6.27. The van der Waals surface area contributed by atoms with Crippen LogP contribution in [0.3, 0.4) is 0 Å². The molecule has 0 radical (unpaired) electrons. The fourth-order valence-corrected chi connectivity index (χ4v) is 3.82. The van der Waals surface area contributed by atoms with E-state index < -0.39 is 6.09 Å². The Bertz CT molecular complexity index is 1090. The average Bonchev–Trinajstić information content (AvgIpc) is 2.81. The van der Waals surface area contributed by atoms with Gasteiger partial charge in [-0.2, -0.15) is 0 Å². The quantitative estimate of drug-likeness (QED) is 0.508. The number of amides is 3. The number of hydrogen-bond acceptors (Lipinski definition) is 3. The van der Waals surface area contributed by atoms with Crippen LogP contribution in [0.4, 0.5) is 21.0 Å². The number of benzene rings is 3. The van der Waals surface area contributed by atoms with Gasteiger partial charge in [-0.05, 0) is 41.8 Å². The third kappa shape index (κ3) is 5.39. The number of halogens is 1. The van der Waals surface area contributed by atoms with Gasteiger partial charge in [-0.1, -0.05) is 66.2 Å². The Morgan fingerprint density at radius 3 is 2.56 bits per heavy atom. The van der Waals surface area contributed by atoms with Crippen LogP contribution in [-0.2, 0) is 17.9 Å². The van der Waals surface area contributed by atoms with E-state index in [1.54, 1.807) is 21.9 Å². The standard InChI is InChI=1S/C25H24ClN3O3/c26-23-13-5-4-10-20(23)17-28-14-7-15-29(25(28)31)22-12-6-11-21(16-22)27-24(30)32-18-19-8-2-1-3-9-19/h1-6,8-13,16H,7,14-15,17-18H2,(H,27,30). The molecule has 1 saturated heterocycles. The Kier molecular flexibility index (Phi) is 6.92. The van der Waals surface area contributed by atoms with Crippen LogP contribution in [0.1, 0.15) is 17.5 Å². The average molecular weight is 450 g/mol. The zero-order chi connectivity index (χ0) is 22.3. The third-order valence-corrected chi connectivity index (χ3v) is 5.62. The molecule has 1 N–H and O–H groups in total. The van der Waals surface area contributed by atoms with Crippen molar-refractivity contribution in [1.82, 2.24) is 4.90 Å². The van der Waals surface area contributed by atoms with Crippen LogP contribution >= 0.6 is 11.6 Å². The number of anilines is 2. The highest BCUT2D eigenvalue weighted by Gasteiger charge is 2.27. The Hall–Kier alpha value is -3.51. The summed E-state index contributed by atoms with van der Waals surface area (Å²) < 4.78 is 5.28. The van der Waals surface area contributed by atoms with E-state index in [-0.39, 0.29) is 12.6 Å². The summed E-state index contributed by atoms with van der Waals surface area (Å²) in [5.74, 6) is 0. The maximum atomic E-state index is 13.1. The van der Waals surface area contributed by atoms with Gasteiger partial charge in [-0.25, -0.2) is 9.59 Å². The minimum Gasteiger partial charge on any atom is -0.444 e. The monoisotopic (exact) mass is 449 g/mol. The molecule has 32 heavy (non-hydrogen) atoms. The van der Waals surface area contributed by atoms with Crippen LogP contribution in [0.15, 0.2) is 78.9 Å². The van der Waals surface area contributed by atoms with E-state index in [0.29, 0.717) is 30.3 Å². The maximum Gasteiger partial charge on any atom is 0.411 e. The summed E-state index contributed by atoms with van der Waals surface area (Å²) in [6.07, 6.45) is 0.295. The van der Waals surface area contributed by atoms with Crippen molar-refractivity contribution in [2.24, 2.45) is 0 Å². The molecule has 1 aliphatic heterocycles. The maximum absolute atomic E-state index is 13.1. The Morgan fingerprint density at radius 2 is 1.75 bits per heavy atom. The molecule has 164 valence electrons. The van der Waals surface area contributed by atoms with Gasteiger partial charge in [0, 0.05) is 36.0 Å². The van der Waals surface area contributed by atoms with Crippen molar-refractivity contribution in [3.05, 3.63) is 95.0 Å². The van der Waals surface area contributed by atoms with Gasteiger partial charge in [0.1, 0.15) is 6.61 Å². The molecule has 0 aromatic heterocycles. The first-order valence-electron chi connectivity index (χ1n) is 10.5. The van der Waals surface area contributed by atoms with Gasteiger partial charge in [-0.3, -0.25) is 10.2 Å². The normalized spacial score (nSPS) is 13.7. The van der Waals surface area contributed by atoms with Crippen LogP contribution in [0.25, 0.3) is 0 Å². The summed E-state index contributed by atoms with van der Waals surface area (Å²) in [6.45, 7) is 1.93. The molecule has 4 rings (SSSR count). The molecule has 1 heterocycles. The zero-order valence-electron chi connectivity index (χ0n) is 17.5. The van der Waals surface area contributed by atoms with Crippen LogP contribution in [0.5, 0.6) is 0 Å². The van der Waals surface area contributed by atoms with Crippen molar-refractivity contribution in [1.29, 1.82) is 0 Å². The van der Waals surface area contributed by atoms with Crippen LogP contribution in [-0.4, -0.2) is 30.1 Å². The Balaban J connectivity index is 1.40. The molecule has 0 unspecified atom stereocenters. The first-order valence-corrected chi connectivity index (χ1v) is 10.9. The van der Waals surface area contributed by atoms with E-state index in [0.717, 1.165) is 23.2 Å². The van der Waals surface area contributed by atoms with Crippen LogP contribution in [0.2, 0.25) is 5.02 Å². The molecular formula is C25H24ClN3O3. The molecule has 1 aliphatic rings. The molecule has 3 amide bonds. The van der Waals surface area contributed by atoms with Crippen molar-refractivity contribution >= 4 is 35.1 Å². The van der Waals surface area contributed by atoms with Crippen molar-refractivity contribution in [3.63, 3.8) is 0 Å². The number of nitrogens with one attached hydrogen (secondary N) is 1. The number of nitrogens with zero attached hydrogens (tertiary/aromatic N) is 2. The molecule has 7 heteroatoms. The molecule has 0 bridgehead atoms. The smallest absolute Gasteiger partial charge is 0.411 e. The number of rotatable bonds is 6. The minimum atomic E-state index is -0.545. The molecule has 0 aliphatic carbocycles.